The molecule has 0 amide bonds. The van der Waals surface area contributed by atoms with Crippen LogP contribution in [0.4, 0.5) is 11.4 Å². The highest BCUT2D eigenvalue weighted by Crippen LogP contribution is 2.10. The highest BCUT2D eigenvalue weighted by molar-refractivity contribution is 6.38. The Morgan fingerprint density at radius 2 is 1.55 bits per heavy atom. The summed E-state index contributed by atoms with van der Waals surface area (Å²) in [5.74, 6) is -0.231. The first-order valence-electron chi connectivity index (χ1n) is 6.12. The Morgan fingerprint density at radius 3 is 2.15 bits per heavy atom. The van der Waals surface area contributed by atoms with Gasteiger partial charge in [0, 0.05) is 6.92 Å². The van der Waals surface area contributed by atoms with Crippen molar-refractivity contribution < 1.29 is 4.79 Å². The molecule has 0 aliphatic rings. The molecule has 0 saturated heterocycles. The number of anilines is 1. The number of azo groups is 1. The third-order valence-corrected chi connectivity index (χ3v) is 2.40. The zero-order chi connectivity index (χ0) is 14.2. The van der Waals surface area contributed by atoms with Crippen molar-refractivity contribution in [2.75, 3.05) is 5.43 Å². The van der Waals surface area contributed by atoms with E-state index in [0.29, 0.717) is 5.69 Å². The quantitative estimate of drug-likeness (QED) is 0.396. The van der Waals surface area contributed by atoms with Crippen LogP contribution in [0.5, 0.6) is 0 Å². The Labute approximate surface area is 117 Å². The summed E-state index contributed by atoms with van der Waals surface area (Å²) in [4.78, 5) is 11.5. The van der Waals surface area contributed by atoms with Crippen molar-refractivity contribution in [3.63, 3.8) is 0 Å². The second-order valence-electron chi connectivity index (χ2n) is 4.00. The summed E-state index contributed by atoms with van der Waals surface area (Å²) in [7, 11) is 0. The highest BCUT2D eigenvalue weighted by Gasteiger charge is 2.04. The van der Waals surface area contributed by atoms with Gasteiger partial charge in [0.1, 0.15) is 0 Å². The normalized spacial score (nSPS) is 11.6. The largest absolute Gasteiger partial charge is 0.291 e. The molecule has 5 heteroatoms. The third kappa shape index (κ3) is 4.13. The molecule has 0 aliphatic carbocycles. The van der Waals surface area contributed by atoms with Gasteiger partial charge < -0.3 is 0 Å². The van der Waals surface area contributed by atoms with Gasteiger partial charge in [0.05, 0.1) is 11.4 Å². The molecule has 100 valence electrons. The van der Waals surface area contributed by atoms with Crippen LogP contribution in [0.15, 0.2) is 76.0 Å². The van der Waals surface area contributed by atoms with Crippen LogP contribution in [-0.4, -0.2) is 11.6 Å². The molecule has 0 aliphatic heterocycles. The van der Waals surface area contributed by atoms with Gasteiger partial charge >= 0.3 is 0 Å². The first kappa shape index (κ1) is 13.6. The van der Waals surface area contributed by atoms with Crippen molar-refractivity contribution in [1.82, 2.24) is 0 Å². The number of hydrogen-bond donors (Lipinski definition) is 1. The van der Waals surface area contributed by atoms with E-state index in [2.05, 4.69) is 20.8 Å². The maximum absolute atomic E-state index is 11.5. The summed E-state index contributed by atoms with van der Waals surface area (Å²) in [6, 6.07) is 18.5. The molecular weight excluding hydrogens is 252 g/mol. The van der Waals surface area contributed by atoms with Crippen LogP contribution in [0, 0.1) is 0 Å². The topological polar surface area (TPSA) is 66.2 Å². The lowest BCUT2D eigenvalue weighted by Gasteiger charge is -2.00. The molecule has 0 spiro atoms. The molecule has 2 aromatic rings. The first-order valence-corrected chi connectivity index (χ1v) is 6.12. The monoisotopic (exact) mass is 266 g/mol. The lowest BCUT2D eigenvalue weighted by molar-refractivity contribution is -0.111. The Bertz CT molecular complexity index is 621. The van der Waals surface area contributed by atoms with E-state index < -0.39 is 0 Å². The van der Waals surface area contributed by atoms with Crippen LogP contribution in [-0.2, 0) is 4.79 Å². The molecule has 0 atom stereocenters. The molecule has 1 N–H and O–H groups in total. The van der Waals surface area contributed by atoms with Crippen molar-refractivity contribution in [2.45, 2.75) is 6.92 Å². The fraction of sp³-hybridized carbons (Fsp3) is 0.0667. The molecular formula is C15H14N4O. The van der Waals surface area contributed by atoms with Crippen molar-refractivity contribution in [1.29, 1.82) is 0 Å². The van der Waals surface area contributed by atoms with E-state index in [1.807, 2.05) is 48.5 Å². The molecule has 2 aromatic carbocycles. The Kier molecular flexibility index (Phi) is 4.72. The van der Waals surface area contributed by atoms with E-state index in [1.54, 1.807) is 12.1 Å². The molecule has 0 heterocycles. The summed E-state index contributed by atoms with van der Waals surface area (Å²) < 4.78 is 0. The number of carbonyl (C=O) groups is 1. The summed E-state index contributed by atoms with van der Waals surface area (Å²) >= 11 is 0. The van der Waals surface area contributed by atoms with Crippen LogP contribution < -0.4 is 5.43 Å². The summed E-state index contributed by atoms with van der Waals surface area (Å²) in [5, 5.41) is 11.8. The van der Waals surface area contributed by atoms with Gasteiger partial charge in [-0.2, -0.15) is 0 Å². The van der Waals surface area contributed by atoms with Crippen LogP contribution in [0.3, 0.4) is 0 Å². The summed E-state index contributed by atoms with van der Waals surface area (Å²) in [6.07, 6.45) is 0. The molecule has 0 bridgehead atoms. The maximum Gasteiger partial charge on any atom is 0.236 e. The minimum Gasteiger partial charge on any atom is -0.291 e. The van der Waals surface area contributed by atoms with E-state index in [-0.39, 0.29) is 11.6 Å². The molecule has 5 nitrogen and oxygen atoms in total. The lowest BCUT2D eigenvalue weighted by Crippen LogP contribution is -2.08. The molecule has 0 fully saturated rings. The number of nitrogens with zero attached hydrogens (tertiary/aromatic N) is 3. The number of hydrazone groups is 1. The summed E-state index contributed by atoms with van der Waals surface area (Å²) in [6.45, 7) is 1.40. The standard InChI is InChI=1S/C15H14N4O/c1-12(20)15(18-16-13-8-4-2-5-9-13)19-17-14-10-6-3-7-11-14/h2-11,16H,1H3/b18-15-,19-17?. The number of hydrogen-bond acceptors (Lipinski definition) is 4. The van der Waals surface area contributed by atoms with Gasteiger partial charge in [0.2, 0.25) is 11.6 Å². The second kappa shape index (κ2) is 6.94. The molecule has 20 heavy (non-hydrogen) atoms. The molecule has 2 rings (SSSR count). The van der Waals surface area contributed by atoms with Gasteiger partial charge in [-0.25, -0.2) is 0 Å². The molecule has 0 unspecified atom stereocenters. The van der Waals surface area contributed by atoms with Crippen molar-refractivity contribution in [3.8, 4) is 0 Å². The van der Waals surface area contributed by atoms with E-state index in [0.717, 1.165) is 5.69 Å². The van der Waals surface area contributed by atoms with Gasteiger partial charge in [0.15, 0.2) is 0 Å². The minimum absolute atomic E-state index is 0.0257. The van der Waals surface area contributed by atoms with Crippen LogP contribution >= 0.6 is 0 Å². The predicted octanol–water partition coefficient (Wildman–Crippen LogP) is 3.78. The van der Waals surface area contributed by atoms with Crippen LogP contribution in [0.1, 0.15) is 6.92 Å². The number of rotatable bonds is 4. The highest BCUT2D eigenvalue weighted by atomic mass is 16.1. The smallest absolute Gasteiger partial charge is 0.236 e. The minimum atomic E-state index is -0.256. The number of benzene rings is 2. The number of carbonyl (C=O) groups excluding carboxylic acids is 1. The van der Waals surface area contributed by atoms with E-state index in [9.17, 15) is 4.79 Å². The van der Waals surface area contributed by atoms with E-state index in [1.165, 1.54) is 6.92 Å². The summed E-state index contributed by atoms with van der Waals surface area (Å²) in [5.41, 5.74) is 4.22. The zero-order valence-corrected chi connectivity index (χ0v) is 11.0. The van der Waals surface area contributed by atoms with Gasteiger partial charge in [0.25, 0.3) is 0 Å². The zero-order valence-electron chi connectivity index (χ0n) is 11.0. The third-order valence-electron chi connectivity index (χ3n) is 2.40. The Morgan fingerprint density at radius 1 is 0.950 bits per heavy atom. The molecule has 0 saturated carbocycles. The molecule has 0 radical (unpaired) electrons. The number of para-hydroxylation sites is 1. The number of nitrogens with one attached hydrogen (secondary N) is 1. The van der Waals surface area contributed by atoms with Crippen molar-refractivity contribution in [3.05, 3.63) is 60.7 Å². The van der Waals surface area contributed by atoms with Crippen molar-refractivity contribution in [2.24, 2.45) is 15.3 Å². The second-order valence-corrected chi connectivity index (χ2v) is 4.00. The van der Waals surface area contributed by atoms with Gasteiger partial charge in [-0.15, -0.1) is 15.3 Å². The predicted molar refractivity (Wildman–Crippen MR) is 79.1 cm³/mol. The van der Waals surface area contributed by atoms with Crippen LogP contribution in [0.2, 0.25) is 0 Å². The van der Waals surface area contributed by atoms with Crippen molar-refractivity contribution >= 4 is 23.0 Å². The maximum atomic E-state index is 11.5. The van der Waals surface area contributed by atoms with Gasteiger partial charge in [-0.3, -0.25) is 10.2 Å². The lowest BCUT2D eigenvalue weighted by atomic mass is 10.3. The fourth-order valence-corrected chi connectivity index (χ4v) is 1.40. The SMILES string of the molecule is CC(=O)/C(N=Nc1ccccc1)=N/Nc1ccccc1. The van der Waals surface area contributed by atoms with Gasteiger partial charge in [-0.1, -0.05) is 36.4 Å². The fourth-order valence-electron chi connectivity index (χ4n) is 1.40. The van der Waals surface area contributed by atoms with E-state index in [4.69, 9.17) is 0 Å². The van der Waals surface area contributed by atoms with Crippen LogP contribution in [0.25, 0.3) is 0 Å². The molecule has 0 aromatic heterocycles. The van der Waals surface area contributed by atoms with E-state index >= 15 is 0 Å². The number of ketones is 1. The first-order chi connectivity index (χ1) is 9.75. The number of amidine groups is 1. The Hall–Kier alpha value is -2.82. The van der Waals surface area contributed by atoms with Gasteiger partial charge in [-0.05, 0) is 24.3 Å². The Balaban J connectivity index is 2.11. The number of Topliss-reactive ketones (excluding diaryl/α,β-unsaturated/α-hetero) is 1. The average Bonchev–Trinajstić information content (AvgIpc) is 2.49. The average molecular weight is 266 g/mol.